The molecule has 0 spiro atoms. The van der Waals surface area contributed by atoms with Crippen LogP contribution in [0.3, 0.4) is 0 Å². The van der Waals surface area contributed by atoms with Crippen molar-refractivity contribution in [2.75, 3.05) is 26.3 Å². The highest BCUT2D eigenvalue weighted by atomic mass is 16.5. The molecule has 0 unspecified atom stereocenters. The summed E-state index contributed by atoms with van der Waals surface area (Å²) < 4.78 is 16.9. The third-order valence-electron chi connectivity index (χ3n) is 6.13. The van der Waals surface area contributed by atoms with Crippen molar-refractivity contribution in [2.24, 2.45) is 5.92 Å². The molecular formula is C23H37N3O5. The molecular weight excluding hydrogens is 398 g/mol. The fourth-order valence-corrected chi connectivity index (χ4v) is 4.23. The number of unbranched alkanes of at least 4 members (excludes halogenated alkanes) is 1. The van der Waals surface area contributed by atoms with Crippen molar-refractivity contribution in [3.05, 3.63) is 17.8 Å². The number of amides is 2. The molecule has 1 aromatic heterocycles. The zero-order valence-electron chi connectivity index (χ0n) is 18.9. The molecule has 8 heteroatoms. The van der Waals surface area contributed by atoms with Gasteiger partial charge in [-0.05, 0) is 38.5 Å². The van der Waals surface area contributed by atoms with Gasteiger partial charge in [-0.3, -0.25) is 9.59 Å². The van der Waals surface area contributed by atoms with Crippen LogP contribution < -0.4 is 5.32 Å². The number of ether oxygens (including phenoxy) is 2. The second-order valence-electron chi connectivity index (χ2n) is 8.57. The first kappa shape index (κ1) is 23.7. The summed E-state index contributed by atoms with van der Waals surface area (Å²) in [5, 5.41) is 2.85. The molecule has 8 nitrogen and oxygen atoms in total. The van der Waals surface area contributed by atoms with Gasteiger partial charge in [0.2, 0.25) is 11.8 Å². The number of carbonyl (C=O) groups excluding carboxylic acids is 2. The molecule has 2 amide bonds. The van der Waals surface area contributed by atoms with Gasteiger partial charge in [-0.1, -0.05) is 26.7 Å². The molecule has 1 N–H and O–H groups in total. The Morgan fingerprint density at radius 1 is 1.19 bits per heavy atom. The molecule has 2 fully saturated rings. The Hall–Kier alpha value is -1.93. The number of oxazole rings is 1. The van der Waals surface area contributed by atoms with Crippen LogP contribution in [-0.4, -0.2) is 60.2 Å². The standard InChI is InChI=1S/C23H37N3O5/c1-3-5-8-17(4-2)23(28)26(14-19-10-7-12-30-19)15-21-25-20(16-31-21)22(27)24-13-18-9-6-11-29-18/h16-19H,3-15H2,1-2H3,(H,24,27)/t17-,18-,19+/m1/s1. The van der Waals surface area contributed by atoms with Crippen LogP contribution in [0.1, 0.15) is 81.6 Å². The Kier molecular flexibility index (Phi) is 9.33. The van der Waals surface area contributed by atoms with Crippen LogP contribution in [0.4, 0.5) is 0 Å². The van der Waals surface area contributed by atoms with E-state index in [2.05, 4.69) is 24.1 Å². The van der Waals surface area contributed by atoms with E-state index in [1.807, 2.05) is 0 Å². The molecule has 2 aliphatic heterocycles. The largest absolute Gasteiger partial charge is 0.446 e. The van der Waals surface area contributed by atoms with Gasteiger partial charge >= 0.3 is 0 Å². The van der Waals surface area contributed by atoms with Crippen LogP contribution in [0.25, 0.3) is 0 Å². The molecule has 174 valence electrons. The average molecular weight is 436 g/mol. The highest BCUT2D eigenvalue weighted by Gasteiger charge is 2.28. The number of nitrogens with one attached hydrogen (secondary N) is 1. The lowest BCUT2D eigenvalue weighted by atomic mass is 9.97. The van der Waals surface area contributed by atoms with Gasteiger partial charge in [0.25, 0.3) is 5.91 Å². The summed E-state index contributed by atoms with van der Waals surface area (Å²) in [5.41, 5.74) is 0.232. The Balaban J connectivity index is 1.61. The van der Waals surface area contributed by atoms with Crippen molar-refractivity contribution in [1.29, 1.82) is 0 Å². The van der Waals surface area contributed by atoms with Crippen molar-refractivity contribution < 1.29 is 23.5 Å². The van der Waals surface area contributed by atoms with Crippen molar-refractivity contribution in [1.82, 2.24) is 15.2 Å². The van der Waals surface area contributed by atoms with Gasteiger partial charge in [0, 0.05) is 32.2 Å². The minimum atomic E-state index is -0.281. The Morgan fingerprint density at radius 2 is 1.94 bits per heavy atom. The third kappa shape index (κ3) is 7.04. The number of rotatable bonds is 12. The highest BCUT2D eigenvalue weighted by Crippen LogP contribution is 2.21. The van der Waals surface area contributed by atoms with E-state index >= 15 is 0 Å². The van der Waals surface area contributed by atoms with E-state index in [-0.39, 0.29) is 42.2 Å². The van der Waals surface area contributed by atoms with Gasteiger partial charge in [-0.25, -0.2) is 4.98 Å². The third-order valence-corrected chi connectivity index (χ3v) is 6.13. The average Bonchev–Trinajstić information content (AvgIpc) is 3.55. The Morgan fingerprint density at radius 3 is 2.58 bits per heavy atom. The van der Waals surface area contributed by atoms with Gasteiger partial charge in [-0.2, -0.15) is 0 Å². The van der Waals surface area contributed by atoms with Crippen molar-refractivity contribution >= 4 is 11.8 Å². The fraction of sp³-hybridized carbons (Fsp3) is 0.783. The van der Waals surface area contributed by atoms with Crippen molar-refractivity contribution in [3.63, 3.8) is 0 Å². The van der Waals surface area contributed by atoms with E-state index in [1.54, 1.807) is 4.90 Å². The lowest BCUT2D eigenvalue weighted by molar-refractivity contribution is -0.138. The molecule has 0 bridgehead atoms. The molecule has 0 radical (unpaired) electrons. The van der Waals surface area contributed by atoms with Crippen LogP contribution in [-0.2, 0) is 20.8 Å². The topological polar surface area (TPSA) is 93.9 Å². The molecule has 2 aliphatic rings. The van der Waals surface area contributed by atoms with Crippen molar-refractivity contribution in [3.8, 4) is 0 Å². The molecule has 0 saturated carbocycles. The smallest absolute Gasteiger partial charge is 0.273 e. The molecule has 0 aromatic carbocycles. The maximum absolute atomic E-state index is 13.3. The lowest BCUT2D eigenvalue weighted by Gasteiger charge is -2.28. The Labute approximate surface area is 185 Å². The first-order chi connectivity index (χ1) is 15.1. The summed E-state index contributed by atoms with van der Waals surface area (Å²) in [6.45, 7) is 6.95. The van der Waals surface area contributed by atoms with Gasteiger partial charge in [-0.15, -0.1) is 0 Å². The maximum atomic E-state index is 13.3. The molecule has 1 aromatic rings. The minimum Gasteiger partial charge on any atom is -0.446 e. The summed E-state index contributed by atoms with van der Waals surface area (Å²) in [7, 11) is 0. The zero-order valence-corrected chi connectivity index (χ0v) is 18.9. The van der Waals surface area contributed by atoms with Crippen LogP contribution in [0, 0.1) is 5.92 Å². The summed E-state index contributed by atoms with van der Waals surface area (Å²) >= 11 is 0. The SMILES string of the molecule is CCCC[C@@H](CC)C(=O)N(Cc1nc(C(=O)NC[C@H]2CCCO2)co1)C[C@@H]1CCCO1. The van der Waals surface area contributed by atoms with E-state index < -0.39 is 0 Å². The van der Waals surface area contributed by atoms with Crippen LogP contribution in [0.15, 0.2) is 10.7 Å². The van der Waals surface area contributed by atoms with Gasteiger partial charge in [0.05, 0.1) is 18.8 Å². The number of nitrogens with zero attached hydrogens (tertiary/aromatic N) is 2. The molecule has 0 aliphatic carbocycles. The summed E-state index contributed by atoms with van der Waals surface area (Å²) in [5.74, 6) is 0.204. The van der Waals surface area contributed by atoms with E-state index in [0.717, 1.165) is 64.6 Å². The number of carbonyl (C=O) groups is 2. The van der Waals surface area contributed by atoms with E-state index in [1.165, 1.54) is 6.26 Å². The van der Waals surface area contributed by atoms with Crippen LogP contribution >= 0.6 is 0 Å². The van der Waals surface area contributed by atoms with Gasteiger partial charge < -0.3 is 24.1 Å². The van der Waals surface area contributed by atoms with Crippen molar-refractivity contribution in [2.45, 2.75) is 84.0 Å². The highest BCUT2D eigenvalue weighted by molar-refractivity contribution is 5.91. The number of hydrogen-bond donors (Lipinski definition) is 1. The molecule has 3 heterocycles. The van der Waals surface area contributed by atoms with Crippen LogP contribution in [0.5, 0.6) is 0 Å². The second-order valence-corrected chi connectivity index (χ2v) is 8.57. The minimum absolute atomic E-state index is 0.00880. The lowest BCUT2D eigenvalue weighted by Crippen LogP contribution is -2.40. The number of hydrogen-bond acceptors (Lipinski definition) is 6. The summed E-state index contributed by atoms with van der Waals surface area (Å²) in [6, 6.07) is 0. The molecule has 2 saturated heterocycles. The van der Waals surface area contributed by atoms with Crippen LogP contribution in [0.2, 0.25) is 0 Å². The predicted molar refractivity (Wildman–Crippen MR) is 116 cm³/mol. The van der Waals surface area contributed by atoms with E-state index in [4.69, 9.17) is 13.9 Å². The van der Waals surface area contributed by atoms with Gasteiger partial charge in [0.1, 0.15) is 6.26 Å². The van der Waals surface area contributed by atoms with E-state index in [9.17, 15) is 9.59 Å². The fourth-order valence-electron chi connectivity index (χ4n) is 4.23. The normalized spacial score (nSPS) is 21.9. The maximum Gasteiger partial charge on any atom is 0.273 e. The first-order valence-electron chi connectivity index (χ1n) is 11.8. The van der Waals surface area contributed by atoms with E-state index in [0.29, 0.717) is 19.0 Å². The predicted octanol–water partition coefficient (Wildman–Crippen LogP) is 3.31. The first-order valence-corrected chi connectivity index (χ1v) is 11.8. The molecule has 31 heavy (non-hydrogen) atoms. The molecule has 3 atom stereocenters. The summed E-state index contributed by atoms with van der Waals surface area (Å²) in [4.78, 5) is 31.8. The second kappa shape index (κ2) is 12.2. The van der Waals surface area contributed by atoms with Gasteiger partial charge in [0.15, 0.2) is 5.69 Å². The monoisotopic (exact) mass is 435 g/mol. The quantitative estimate of drug-likeness (QED) is 0.541. The Bertz CT molecular complexity index is 695. The summed E-state index contributed by atoms with van der Waals surface area (Å²) in [6.07, 6.45) is 9.25. The number of aromatic nitrogens is 1. The molecule has 3 rings (SSSR count). The zero-order chi connectivity index (χ0) is 22.1.